The van der Waals surface area contributed by atoms with Crippen molar-refractivity contribution in [3.05, 3.63) is 0 Å². The van der Waals surface area contributed by atoms with E-state index in [4.69, 9.17) is 33.2 Å². The van der Waals surface area contributed by atoms with E-state index in [-0.39, 0.29) is 48.9 Å². The minimum atomic E-state index is -0.756. The Morgan fingerprint density at radius 2 is 1.69 bits per heavy atom. The minimum Gasteiger partial charge on any atom is -0.465 e. The standard InChI is InChI=1S/C30H50O9/c1-16(2)23(17(3)4)38-25-21(14-19-15-34-30(8,9)39-19)37-26-22(31)24-20(36-27(25)26)11-10-18(35-24)12-13-33-28(32)29(5,6)7/h16-21,23-27H,10-15H2,1-9H3/t18?,19-,20+,21-,24+,25+,26+,27+/m1/s1. The Morgan fingerprint density at radius 3 is 2.28 bits per heavy atom. The van der Waals surface area contributed by atoms with Gasteiger partial charge in [0.25, 0.3) is 0 Å². The molecule has 0 aromatic rings. The zero-order valence-electron chi connectivity index (χ0n) is 25.3. The normalized spacial score (nSPS) is 36.5. The average Bonchev–Trinajstić information content (AvgIpc) is 3.35. The van der Waals surface area contributed by atoms with Crippen molar-refractivity contribution in [2.45, 2.75) is 149 Å². The second-order valence-electron chi connectivity index (χ2n) is 13.8. The zero-order chi connectivity index (χ0) is 28.7. The summed E-state index contributed by atoms with van der Waals surface area (Å²) in [6.45, 7) is 18.6. The minimum absolute atomic E-state index is 0.00346. The molecule has 0 saturated carbocycles. The fourth-order valence-corrected chi connectivity index (χ4v) is 6.19. The molecule has 0 amide bonds. The van der Waals surface area contributed by atoms with Gasteiger partial charge >= 0.3 is 5.97 Å². The van der Waals surface area contributed by atoms with Gasteiger partial charge in [-0.3, -0.25) is 9.59 Å². The summed E-state index contributed by atoms with van der Waals surface area (Å²) in [6, 6.07) is 0. The molecule has 4 aliphatic rings. The summed E-state index contributed by atoms with van der Waals surface area (Å²) in [5, 5.41) is 0. The Labute approximate surface area is 233 Å². The molecule has 0 aromatic carbocycles. The van der Waals surface area contributed by atoms with Gasteiger partial charge in [-0.25, -0.2) is 0 Å². The lowest BCUT2D eigenvalue weighted by Gasteiger charge is -2.43. The number of esters is 1. The molecule has 224 valence electrons. The lowest BCUT2D eigenvalue weighted by molar-refractivity contribution is -0.217. The Balaban J connectivity index is 1.44. The van der Waals surface area contributed by atoms with Crippen LogP contribution in [0.15, 0.2) is 0 Å². The van der Waals surface area contributed by atoms with Crippen LogP contribution in [0.5, 0.6) is 0 Å². The van der Waals surface area contributed by atoms with E-state index in [0.717, 1.165) is 6.42 Å². The molecule has 4 saturated heterocycles. The van der Waals surface area contributed by atoms with Crippen molar-refractivity contribution < 1.29 is 42.7 Å². The molecular formula is C30H50O9. The maximum absolute atomic E-state index is 13.8. The number of fused-ring (bicyclic) bond motifs is 2. The van der Waals surface area contributed by atoms with Crippen molar-refractivity contribution in [3.8, 4) is 0 Å². The number of Topliss-reactive ketones (excluding diaryl/α,β-unsaturated/α-hetero) is 1. The third-order valence-corrected chi connectivity index (χ3v) is 8.13. The van der Waals surface area contributed by atoms with Crippen molar-refractivity contribution in [1.29, 1.82) is 0 Å². The summed E-state index contributed by atoms with van der Waals surface area (Å²) in [4.78, 5) is 25.9. The van der Waals surface area contributed by atoms with Crippen LogP contribution in [0.1, 0.15) is 88.0 Å². The van der Waals surface area contributed by atoms with Gasteiger partial charge in [0.2, 0.25) is 0 Å². The molecule has 0 N–H and O–H groups in total. The number of carbonyl (C=O) groups is 2. The van der Waals surface area contributed by atoms with E-state index >= 15 is 0 Å². The number of rotatable bonds is 9. The van der Waals surface area contributed by atoms with Crippen molar-refractivity contribution in [1.82, 2.24) is 0 Å². The smallest absolute Gasteiger partial charge is 0.311 e. The van der Waals surface area contributed by atoms with E-state index in [1.807, 2.05) is 34.6 Å². The Bertz CT molecular complexity index is 855. The van der Waals surface area contributed by atoms with Crippen LogP contribution in [0.2, 0.25) is 0 Å². The predicted molar refractivity (Wildman–Crippen MR) is 143 cm³/mol. The summed E-state index contributed by atoms with van der Waals surface area (Å²) in [7, 11) is 0. The van der Waals surface area contributed by atoms with E-state index in [9.17, 15) is 9.59 Å². The van der Waals surface area contributed by atoms with Gasteiger partial charge in [0.05, 0.1) is 49.1 Å². The molecule has 9 nitrogen and oxygen atoms in total. The average molecular weight is 555 g/mol. The Kier molecular flexibility index (Phi) is 9.51. The fourth-order valence-electron chi connectivity index (χ4n) is 6.19. The highest BCUT2D eigenvalue weighted by Crippen LogP contribution is 2.41. The summed E-state index contributed by atoms with van der Waals surface area (Å²) in [5.41, 5.74) is -0.550. The van der Waals surface area contributed by atoms with Gasteiger partial charge in [-0.15, -0.1) is 0 Å². The van der Waals surface area contributed by atoms with Crippen LogP contribution < -0.4 is 0 Å². The second kappa shape index (κ2) is 12.0. The molecule has 0 aromatic heterocycles. The Hall–Kier alpha value is -1.10. The molecule has 8 atom stereocenters. The first kappa shape index (κ1) is 30.8. The molecule has 0 bridgehead atoms. The molecule has 4 rings (SSSR count). The first-order chi connectivity index (χ1) is 18.2. The zero-order valence-corrected chi connectivity index (χ0v) is 25.3. The maximum Gasteiger partial charge on any atom is 0.311 e. The van der Waals surface area contributed by atoms with Crippen LogP contribution in [0.3, 0.4) is 0 Å². The molecule has 4 heterocycles. The largest absolute Gasteiger partial charge is 0.465 e. The van der Waals surface area contributed by atoms with E-state index in [0.29, 0.717) is 37.7 Å². The fraction of sp³-hybridized carbons (Fsp3) is 0.933. The van der Waals surface area contributed by atoms with Crippen LogP contribution in [0.4, 0.5) is 0 Å². The van der Waals surface area contributed by atoms with Gasteiger partial charge in [-0.05, 0) is 59.3 Å². The molecule has 4 fully saturated rings. The molecule has 0 radical (unpaired) electrons. The van der Waals surface area contributed by atoms with Gasteiger partial charge in [0.15, 0.2) is 11.6 Å². The van der Waals surface area contributed by atoms with Gasteiger partial charge in [0, 0.05) is 12.8 Å². The first-order valence-corrected chi connectivity index (χ1v) is 14.8. The third kappa shape index (κ3) is 7.22. The third-order valence-electron chi connectivity index (χ3n) is 8.13. The maximum atomic E-state index is 13.8. The van der Waals surface area contributed by atoms with Crippen LogP contribution in [-0.2, 0) is 42.7 Å². The number of hydrogen-bond donors (Lipinski definition) is 0. The van der Waals surface area contributed by atoms with Crippen LogP contribution in [0, 0.1) is 17.3 Å². The number of ether oxygens (including phenoxy) is 7. The van der Waals surface area contributed by atoms with Crippen LogP contribution >= 0.6 is 0 Å². The van der Waals surface area contributed by atoms with Crippen LogP contribution in [-0.4, -0.2) is 85.7 Å². The van der Waals surface area contributed by atoms with Crippen molar-refractivity contribution in [2.24, 2.45) is 17.3 Å². The number of carbonyl (C=O) groups excluding carboxylic acids is 2. The number of ketones is 1. The van der Waals surface area contributed by atoms with Gasteiger partial charge in [-0.2, -0.15) is 0 Å². The SMILES string of the molecule is CC(C)C(O[C@@H]1[C@@H]2O[C@H]3CCC(CCOC(=O)C(C)(C)C)O[C@@H]3C(=O)[C@@H]2O[C@@H]1C[C@@H]1COC(C)(C)O1)C(C)C. The molecular weight excluding hydrogens is 504 g/mol. The lowest BCUT2D eigenvalue weighted by Crippen LogP contribution is -2.59. The van der Waals surface area contributed by atoms with Gasteiger partial charge < -0.3 is 33.2 Å². The summed E-state index contributed by atoms with van der Waals surface area (Å²) in [6.07, 6.45) is -0.849. The van der Waals surface area contributed by atoms with Gasteiger partial charge in [-0.1, -0.05) is 27.7 Å². The van der Waals surface area contributed by atoms with E-state index in [1.54, 1.807) is 0 Å². The number of hydrogen-bond acceptors (Lipinski definition) is 9. The summed E-state index contributed by atoms with van der Waals surface area (Å²) >= 11 is 0. The molecule has 4 aliphatic heterocycles. The highest BCUT2D eigenvalue weighted by Gasteiger charge is 2.58. The predicted octanol–water partition coefficient (Wildman–Crippen LogP) is 4.22. The molecule has 9 heteroatoms. The lowest BCUT2D eigenvalue weighted by atomic mass is 9.88. The quantitative estimate of drug-likeness (QED) is 0.388. The van der Waals surface area contributed by atoms with Gasteiger partial charge in [0.1, 0.15) is 24.4 Å². The molecule has 39 heavy (non-hydrogen) atoms. The molecule has 0 aliphatic carbocycles. The van der Waals surface area contributed by atoms with E-state index in [1.165, 1.54) is 0 Å². The summed E-state index contributed by atoms with van der Waals surface area (Å²) < 4.78 is 43.3. The molecule has 0 spiro atoms. The highest BCUT2D eigenvalue weighted by atomic mass is 16.7. The Morgan fingerprint density at radius 1 is 1.00 bits per heavy atom. The monoisotopic (exact) mass is 554 g/mol. The van der Waals surface area contributed by atoms with Crippen molar-refractivity contribution >= 4 is 11.8 Å². The van der Waals surface area contributed by atoms with E-state index in [2.05, 4.69) is 27.7 Å². The van der Waals surface area contributed by atoms with Crippen LogP contribution in [0.25, 0.3) is 0 Å². The summed E-state index contributed by atoms with van der Waals surface area (Å²) in [5.74, 6) is -0.372. The first-order valence-electron chi connectivity index (χ1n) is 14.8. The van der Waals surface area contributed by atoms with E-state index < -0.39 is 35.6 Å². The van der Waals surface area contributed by atoms with Crippen molar-refractivity contribution in [3.63, 3.8) is 0 Å². The highest BCUT2D eigenvalue weighted by molar-refractivity contribution is 5.90. The topological polar surface area (TPSA) is 98.8 Å². The van der Waals surface area contributed by atoms with Crippen molar-refractivity contribution in [2.75, 3.05) is 13.2 Å². The molecule has 1 unspecified atom stereocenters. The second-order valence-corrected chi connectivity index (χ2v) is 13.8.